The van der Waals surface area contributed by atoms with Crippen molar-refractivity contribution in [3.05, 3.63) is 68.5 Å². The van der Waals surface area contributed by atoms with Crippen LogP contribution in [0, 0.1) is 6.92 Å². The zero-order valence-corrected chi connectivity index (χ0v) is 15.9. The molecule has 0 aliphatic carbocycles. The first-order valence-electron chi connectivity index (χ1n) is 8.30. The Kier molecular flexibility index (Phi) is 4.37. The van der Waals surface area contributed by atoms with Crippen molar-refractivity contribution in [1.82, 2.24) is 14.6 Å². The Labute approximate surface area is 159 Å². The van der Waals surface area contributed by atoms with Crippen LogP contribution < -0.4 is 19.6 Å². The summed E-state index contributed by atoms with van der Waals surface area (Å²) in [6.45, 7) is 1.99. The van der Waals surface area contributed by atoms with Crippen molar-refractivity contribution in [3.63, 3.8) is 0 Å². The van der Waals surface area contributed by atoms with E-state index in [9.17, 15) is 4.79 Å². The molecule has 0 aliphatic heterocycles. The molecule has 2 aromatic heterocycles. The molecule has 0 atom stereocenters. The fraction of sp³-hybridized carbons (Fsp3) is 0.150. The molecule has 4 aromatic rings. The molecule has 0 fully saturated rings. The lowest BCUT2D eigenvalue weighted by Crippen LogP contribution is -2.23. The normalized spacial score (nSPS) is 11.9. The van der Waals surface area contributed by atoms with E-state index in [-0.39, 0.29) is 5.56 Å². The molecule has 2 aromatic carbocycles. The first-order valence-corrected chi connectivity index (χ1v) is 9.12. The second-order valence-corrected chi connectivity index (χ2v) is 6.96. The number of hydrogen-bond donors (Lipinski definition) is 0. The summed E-state index contributed by atoms with van der Waals surface area (Å²) in [5.74, 6) is 1.76. The molecule has 0 aliphatic rings. The maximum atomic E-state index is 13.0. The zero-order valence-electron chi connectivity index (χ0n) is 15.1. The third-order valence-electron chi connectivity index (χ3n) is 4.35. The fourth-order valence-electron chi connectivity index (χ4n) is 3.03. The summed E-state index contributed by atoms with van der Waals surface area (Å²) in [5, 5.41) is 8.41. The molecule has 4 rings (SSSR count). The molecule has 0 amide bonds. The maximum absolute atomic E-state index is 13.0. The van der Waals surface area contributed by atoms with Gasteiger partial charge < -0.3 is 9.47 Å². The van der Waals surface area contributed by atoms with Crippen LogP contribution in [-0.2, 0) is 0 Å². The van der Waals surface area contributed by atoms with Gasteiger partial charge in [0.1, 0.15) is 0 Å². The minimum absolute atomic E-state index is 0.150. The Morgan fingerprint density at radius 1 is 1.04 bits per heavy atom. The maximum Gasteiger partial charge on any atom is 0.276 e. The fourth-order valence-corrected chi connectivity index (χ4v) is 3.93. The molecule has 6 nitrogen and oxygen atoms in total. The van der Waals surface area contributed by atoms with Crippen molar-refractivity contribution < 1.29 is 9.47 Å². The van der Waals surface area contributed by atoms with E-state index < -0.39 is 0 Å². The van der Waals surface area contributed by atoms with Crippen LogP contribution in [0.3, 0.4) is 0 Å². The topological polar surface area (TPSA) is 65.7 Å². The van der Waals surface area contributed by atoms with Gasteiger partial charge in [0, 0.05) is 11.1 Å². The van der Waals surface area contributed by atoms with Gasteiger partial charge in [-0.2, -0.15) is 0 Å². The Bertz CT molecular complexity index is 1240. The van der Waals surface area contributed by atoms with Gasteiger partial charge >= 0.3 is 0 Å². The highest BCUT2D eigenvalue weighted by molar-refractivity contribution is 7.15. The SMILES string of the molecule is COc1cccc(C=c2sc3nnc(-c4ccccc4C)n3c2=O)c1OC. The van der Waals surface area contributed by atoms with Gasteiger partial charge in [0.2, 0.25) is 4.96 Å². The molecule has 136 valence electrons. The first-order chi connectivity index (χ1) is 13.1. The number of fused-ring (bicyclic) bond motifs is 1. The lowest BCUT2D eigenvalue weighted by atomic mass is 10.1. The Hall–Kier alpha value is -3.19. The third kappa shape index (κ3) is 2.86. The summed E-state index contributed by atoms with van der Waals surface area (Å²) in [7, 11) is 3.16. The van der Waals surface area contributed by atoms with E-state index in [0.29, 0.717) is 26.8 Å². The predicted molar refractivity (Wildman–Crippen MR) is 106 cm³/mol. The van der Waals surface area contributed by atoms with Crippen molar-refractivity contribution in [2.75, 3.05) is 14.2 Å². The largest absolute Gasteiger partial charge is 0.493 e. The number of aryl methyl sites for hydroxylation is 1. The molecule has 2 heterocycles. The molecule has 7 heteroatoms. The predicted octanol–water partition coefficient (Wildman–Crippen LogP) is 2.69. The number of ether oxygens (including phenoxy) is 2. The van der Waals surface area contributed by atoms with Gasteiger partial charge in [0.15, 0.2) is 17.3 Å². The molecular formula is C20H17N3O3S. The quantitative estimate of drug-likeness (QED) is 0.545. The van der Waals surface area contributed by atoms with E-state index in [0.717, 1.165) is 16.7 Å². The molecule has 0 saturated carbocycles. The summed E-state index contributed by atoms with van der Waals surface area (Å²) in [5.41, 5.74) is 2.55. The number of nitrogens with zero attached hydrogens (tertiary/aromatic N) is 3. The lowest BCUT2D eigenvalue weighted by molar-refractivity contribution is 0.354. The van der Waals surface area contributed by atoms with E-state index in [1.165, 1.54) is 11.3 Å². The Morgan fingerprint density at radius 2 is 1.85 bits per heavy atom. The third-order valence-corrected chi connectivity index (χ3v) is 5.31. The summed E-state index contributed by atoms with van der Waals surface area (Å²) in [6, 6.07) is 13.4. The van der Waals surface area contributed by atoms with Crippen LogP contribution in [0.2, 0.25) is 0 Å². The number of hydrogen-bond acceptors (Lipinski definition) is 6. The van der Waals surface area contributed by atoms with Crippen LogP contribution in [0.15, 0.2) is 47.3 Å². The summed E-state index contributed by atoms with van der Waals surface area (Å²) in [4.78, 5) is 13.6. The van der Waals surface area contributed by atoms with Crippen LogP contribution in [0.4, 0.5) is 0 Å². The highest BCUT2D eigenvalue weighted by Gasteiger charge is 2.16. The second-order valence-electron chi connectivity index (χ2n) is 5.96. The first kappa shape index (κ1) is 17.2. The smallest absolute Gasteiger partial charge is 0.276 e. The van der Waals surface area contributed by atoms with E-state index in [1.807, 2.05) is 49.4 Å². The molecule has 0 radical (unpaired) electrons. The zero-order chi connectivity index (χ0) is 19.0. The molecule has 0 unspecified atom stereocenters. The van der Waals surface area contributed by atoms with Gasteiger partial charge in [-0.05, 0) is 24.6 Å². The van der Waals surface area contributed by atoms with E-state index >= 15 is 0 Å². The highest BCUT2D eigenvalue weighted by atomic mass is 32.1. The van der Waals surface area contributed by atoms with Crippen molar-refractivity contribution in [2.45, 2.75) is 6.92 Å². The standard InChI is InChI=1S/C20H17N3O3S/c1-12-7-4-5-9-14(12)18-21-22-20-23(18)19(24)16(27-20)11-13-8-6-10-15(25-2)17(13)26-3/h4-11H,1-3H3. The Morgan fingerprint density at radius 3 is 2.59 bits per heavy atom. The average Bonchev–Trinajstić information content (AvgIpc) is 3.22. The van der Waals surface area contributed by atoms with Crippen LogP contribution in [0.5, 0.6) is 11.5 Å². The molecular weight excluding hydrogens is 362 g/mol. The van der Waals surface area contributed by atoms with Gasteiger partial charge in [0.05, 0.1) is 18.8 Å². The monoisotopic (exact) mass is 379 g/mol. The molecule has 0 saturated heterocycles. The number of benzene rings is 2. The van der Waals surface area contributed by atoms with Crippen molar-refractivity contribution in [3.8, 4) is 22.9 Å². The van der Waals surface area contributed by atoms with Crippen LogP contribution in [0.25, 0.3) is 22.4 Å². The molecule has 0 bridgehead atoms. The van der Waals surface area contributed by atoms with Gasteiger partial charge in [-0.1, -0.05) is 47.7 Å². The number of rotatable bonds is 4. The second kappa shape index (κ2) is 6.85. The van der Waals surface area contributed by atoms with Gasteiger partial charge in [-0.25, -0.2) is 4.40 Å². The highest BCUT2D eigenvalue weighted by Crippen LogP contribution is 2.31. The average molecular weight is 379 g/mol. The van der Waals surface area contributed by atoms with Gasteiger partial charge in [-0.3, -0.25) is 4.79 Å². The minimum Gasteiger partial charge on any atom is -0.493 e. The lowest BCUT2D eigenvalue weighted by Gasteiger charge is -2.09. The summed E-state index contributed by atoms with van der Waals surface area (Å²) >= 11 is 1.30. The summed E-state index contributed by atoms with van der Waals surface area (Å²) in [6.07, 6.45) is 1.80. The van der Waals surface area contributed by atoms with Crippen LogP contribution in [-0.4, -0.2) is 28.8 Å². The van der Waals surface area contributed by atoms with E-state index in [4.69, 9.17) is 9.47 Å². The number of para-hydroxylation sites is 1. The molecule has 0 spiro atoms. The Balaban J connectivity index is 1.94. The molecule has 27 heavy (non-hydrogen) atoms. The van der Waals surface area contributed by atoms with Gasteiger partial charge in [-0.15, -0.1) is 10.2 Å². The number of methoxy groups -OCH3 is 2. The van der Waals surface area contributed by atoms with E-state index in [1.54, 1.807) is 24.7 Å². The van der Waals surface area contributed by atoms with Crippen LogP contribution in [0.1, 0.15) is 11.1 Å². The number of thiazole rings is 1. The van der Waals surface area contributed by atoms with Crippen molar-refractivity contribution in [1.29, 1.82) is 0 Å². The minimum atomic E-state index is -0.150. The van der Waals surface area contributed by atoms with E-state index in [2.05, 4.69) is 10.2 Å². The van der Waals surface area contributed by atoms with Crippen LogP contribution >= 0.6 is 11.3 Å². The van der Waals surface area contributed by atoms with Crippen molar-refractivity contribution >= 4 is 22.4 Å². The summed E-state index contributed by atoms with van der Waals surface area (Å²) < 4.78 is 12.9. The number of aromatic nitrogens is 3. The van der Waals surface area contributed by atoms with Gasteiger partial charge in [0.25, 0.3) is 5.56 Å². The van der Waals surface area contributed by atoms with Crippen molar-refractivity contribution in [2.24, 2.45) is 0 Å². The molecule has 0 N–H and O–H groups in total.